The highest BCUT2D eigenvalue weighted by Gasteiger charge is 2.63. The number of sulfonamides is 1. The van der Waals surface area contributed by atoms with Gasteiger partial charge in [-0.1, -0.05) is 26.0 Å². The van der Waals surface area contributed by atoms with E-state index in [1.807, 2.05) is 49.5 Å². The lowest BCUT2D eigenvalue weighted by atomic mass is 9.93. The minimum absolute atomic E-state index is 0.155. The van der Waals surface area contributed by atoms with Gasteiger partial charge >= 0.3 is 0 Å². The van der Waals surface area contributed by atoms with Crippen molar-refractivity contribution in [1.82, 2.24) is 29.7 Å². The van der Waals surface area contributed by atoms with Crippen molar-refractivity contribution < 1.29 is 32.3 Å². The average Bonchev–Trinajstić information content (AvgIpc) is 3.89. The number of rotatable bonds is 8. The number of nitrogens with zero attached hydrogens (tertiary/aromatic N) is 4. The highest BCUT2D eigenvalue weighted by atomic mass is 32.2. The smallest absolute Gasteiger partial charge is 0.259 e. The van der Waals surface area contributed by atoms with Crippen LogP contribution in [0.3, 0.4) is 0 Å². The van der Waals surface area contributed by atoms with Crippen LogP contribution in [-0.4, -0.2) is 82.9 Å². The van der Waals surface area contributed by atoms with Gasteiger partial charge in [-0.15, -0.1) is 0 Å². The second kappa shape index (κ2) is 13.7. The number of methoxy groups -OCH3 is 1. The summed E-state index contributed by atoms with van der Waals surface area (Å²) in [6.45, 7) is 8.25. The first-order chi connectivity index (χ1) is 25.2. The number of allylic oxidation sites excluding steroid dienone is 1. The van der Waals surface area contributed by atoms with E-state index in [1.165, 1.54) is 0 Å². The van der Waals surface area contributed by atoms with Crippen LogP contribution in [0.5, 0.6) is 11.5 Å². The van der Waals surface area contributed by atoms with Crippen molar-refractivity contribution in [2.45, 2.75) is 101 Å². The van der Waals surface area contributed by atoms with Crippen molar-refractivity contribution >= 4 is 38.6 Å². The molecule has 53 heavy (non-hydrogen) atoms. The van der Waals surface area contributed by atoms with Gasteiger partial charge < -0.3 is 19.7 Å². The van der Waals surface area contributed by atoms with E-state index in [4.69, 9.17) is 19.6 Å². The first-order valence-electron chi connectivity index (χ1n) is 18.7. The number of ether oxygens (including phenoxy) is 2. The number of nitrogens with one attached hydrogen (secondary N) is 2. The molecule has 13 nitrogen and oxygen atoms in total. The van der Waals surface area contributed by atoms with Crippen LogP contribution in [0, 0.1) is 24.7 Å². The molecule has 3 fully saturated rings. The number of fused-ring (bicyclic) bond motifs is 3. The molecule has 0 radical (unpaired) electrons. The zero-order valence-electron chi connectivity index (χ0n) is 31.3. The van der Waals surface area contributed by atoms with Crippen LogP contribution in [0.1, 0.15) is 89.3 Å². The Morgan fingerprint density at radius 3 is 2.55 bits per heavy atom. The van der Waals surface area contributed by atoms with Gasteiger partial charge in [-0.2, -0.15) is 5.10 Å². The van der Waals surface area contributed by atoms with Crippen LogP contribution in [0.25, 0.3) is 16.7 Å². The Hall–Kier alpha value is -4.46. The molecular formula is C39H50N6O7S. The lowest BCUT2D eigenvalue weighted by Crippen LogP contribution is -2.55. The number of hydrogen-bond acceptors (Lipinski definition) is 9. The van der Waals surface area contributed by atoms with Crippen LogP contribution in [0.15, 0.2) is 42.6 Å². The predicted octanol–water partition coefficient (Wildman–Crippen LogP) is 4.71. The van der Waals surface area contributed by atoms with E-state index in [9.17, 15) is 22.8 Å². The van der Waals surface area contributed by atoms with Gasteiger partial charge in [-0.25, -0.2) is 18.1 Å². The third-order valence-corrected chi connectivity index (χ3v) is 13.9. The fourth-order valence-corrected chi connectivity index (χ4v) is 9.06. The topological polar surface area (TPSA) is 162 Å². The normalized spacial score (nSPS) is 27.7. The molecule has 0 saturated heterocycles. The lowest BCUT2D eigenvalue weighted by molar-refractivity contribution is -0.140. The number of pyridine rings is 1. The molecule has 1 unspecified atom stereocenters. The molecule has 7 rings (SSSR count). The van der Waals surface area contributed by atoms with Gasteiger partial charge in [-0.05, 0) is 89.3 Å². The van der Waals surface area contributed by atoms with Crippen molar-refractivity contribution in [3.8, 4) is 17.3 Å². The maximum absolute atomic E-state index is 14.3. The lowest BCUT2D eigenvalue weighted by Gasteiger charge is -2.27. The number of carbonyl (C=O) groups excluding carboxylic acids is 3. The second-order valence-corrected chi connectivity index (χ2v) is 18.1. The maximum Gasteiger partial charge on any atom is 0.259 e. The minimum atomic E-state index is -3.93. The van der Waals surface area contributed by atoms with E-state index in [-0.39, 0.29) is 37.0 Å². The Balaban J connectivity index is 1.21. The first kappa shape index (κ1) is 36.9. The summed E-state index contributed by atoms with van der Waals surface area (Å²) in [6.07, 6.45) is 9.33. The Kier molecular flexibility index (Phi) is 9.57. The molecule has 1 aliphatic heterocycles. The van der Waals surface area contributed by atoms with Gasteiger partial charge in [0.25, 0.3) is 5.91 Å². The van der Waals surface area contributed by atoms with Crippen molar-refractivity contribution in [2.24, 2.45) is 17.8 Å². The number of aromatic nitrogens is 3. The second-order valence-electron chi connectivity index (χ2n) is 15.9. The van der Waals surface area contributed by atoms with Crippen LogP contribution in [0.4, 0.5) is 0 Å². The third kappa shape index (κ3) is 6.90. The van der Waals surface area contributed by atoms with Crippen LogP contribution in [0.2, 0.25) is 0 Å². The highest BCUT2D eigenvalue weighted by molar-refractivity contribution is 7.91. The van der Waals surface area contributed by atoms with Gasteiger partial charge in [0.15, 0.2) is 5.82 Å². The number of aryl methyl sites for hydroxylation is 1. The number of benzene rings is 1. The van der Waals surface area contributed by atoms with Gasteiger partial charge in [0.2, 0.25) is 21.8 Å². The molecule has 4 aliphatic rings. The summed E-state index contributed by atoms with van der Waals surface area (Å²) in [5.74, 6) is -1.22. The molecule has 3 aromatic rings. The molecule has 0 bridgehead atoms. The number of amides is 3. The van der Waals surface area contributed by atoms with Gasteiger partial charge in [0.05, 0.1) is 34.9 Å². The summed E-state index contributed by atoms with van der Waals surface area (Å²) in [5.41, 5.74) is 1.01. The molecule has 3 heterocycles. The zero-order chi connectivity index (χ0) is 37.9. The van der Waals surface area contributed by atoms with Crippen LogP contribution < -0.4 is 19.5 Å². The van der Waals surface area contributed by atoms with Gasteiger partial charge in [0, 0.05) is 42.7 Å². The molecule has 284 valence electrons. The minimum Gasteiger partial charge on any atom is -0.496 e. The summed E-state index contributed by atoms with van der Waals surface area (Å²) in [4.78, 5) is 48.8. The zero-order valence-corrected chi connectivity index (χ0v) is 32.2. The fourth-order valence-electron chi connectivity index (χ4n) is 7.75. The summed E-state index contributed by atoms with van der Waals surface area (Å²) in [6, 6.07) is 7.55. The molecule has 1 aromatic carbocycles. The van der Waals surface area contributed by atoms with Crippen molar-refractivity contribution in [2.75, 3.05) is 20.7 Å². The summed E-state index contributed by atoms with van der Waals surface area (Å²) >= 11 is 0. The quantitative estimate of drug-likeness (QED) is 0.311. The Labute approximate surface area is 310 Å². The van der Waals surface area contributed by atoms with Crippen LogP contribution >= 0.6 is 0 Å². The van der Waals surface area contributed by atoms with Crippen molar-refractivity contribution in [1.29, 1.82) is 0 Å². The van der Waals surface area contributed by atoms with E-state index < -0.39 is 50.1 Å². The van der Waals surface area contributed by atoms with E-state index >= 15 is 0 Å². The van der Waals surface area contributed by atoms with E-state index in [0.29, 0.717) is 42.2 Å². The molecule has 14 heteroatoms. The number of carbonyl (C=O) groups is 3. The molecule has 2 N–H and O–H groups in total. The van der Waals surface area contributed by atoms with Crippen LogP contribution in [-0.2, 0) is 24.4 Å². The van der Waals surface area contributed by atoms with E-state index in [2.05, 4.69) is 23.9 Å². The van der Waals surface area contributed by atoms with Crippen molar-refractivity contribution in [3.63, 3.8) is 0 Å². The van der Waals surface area contributed by atoms with Crippen molar-refractivity contribution in [3.05, 3.63) is 53.9 Å². The summed E-state index contributed by atoms with van der Waals surface area (Å²) in [7, 11) is -0.557. The predicted molar refractivity (Wildman–Crippen MR) is 199 cm³/mol. The molecule has 2 aromatic heterocycles. The van der Waals surface area contributed by atoms with E-state index in [1.54, 1.807) is 30.7 Å². The van der Waals surface area contributed by atoms with Gasteiger partial charge in [-0.3, -0.25) is 19.1 Å². The Morgan fingerprint density at radius 1 is 1.09 bits per heavy atom. The maximum atomic E-state index is 14.3. The largest absolute Gasteiger partial charge is 0.496 e. The summed E-state index contributed by atoms with van der Waals surface area (Å²) in [5, 5.41) is 8.47. The van der Waals surface area contributed by atoms with E-state index in [0.717, 1.165) is 35.9 Å². The SMILES string of the molecule is COc1ccc2c(O[C@H]3CC4C(=O)N(C)CCCC/C=C\[C@@H]5C[C@@]5(C(=O)NS(=O)(=O)C5(C)CC5)NC(=O)[C@@H]4C3)cc(-n3ccc(C(C)C)n3)nc2c1C. The molecule has 5 atom stereocenters. The standard InChI is InChI=1S/C39H50N6O7S/c1-23(2)30-14-18-45(42-30)33-21-32(27-12-13-31(51-6)24(3)34(27)40-33)52-26-19-28-29(20-26)36(47)44(5)17-10-8-7-9-11-25-22-39(25,41-35(28)46)37(48)43-53(49,50)38(4)15-16-38/h9,11-14,18,21,23,25-26,28-29H,7-8,10,15-17,19-20,22H2,1-6H3,(H,41,46)(H,43,48)/b11-9-/t25-,26-,28-,29?,39-/m1/s1. The molecular weight excluding hydrogens is 697 g/mol. The first-order valence-corrected chi connectivity index (χ1v) is 20.2. The average molecular weight is 747 g/mol. The monoisotopic (exact) mass is 746 g/mol. The molecule has 0 spiro atoms. The Morgan fingerprint density at radius 2 is 1.85 bits per heavy atom. The summed E-state index contributed by atoms with van der Waals surface area (Å²) < 4.78 is 41.6. The Bertz CT molecular complexity index is 2090. The molecule has 3 saturated carbocycles. The molecule has 3 amide bonds. The molecule has 3 aliphatic carbocycles. The van der Waals surface area contributed by atoms with Gasteiger partial charge in [0.1, 0.15) is 23.1 Å². The third-order valence-electron chi connectivity index (χ3n) is 11.7. The fraction of sp³-hybridized carbons (Fsp3) is 0.564. The number of hydrogen-bond donors (Lipinski definition) is 2. The highest BCUT2D eigenvalue weighted by Crippen LogP contribution is 2.48.